The third-order valence-corrected chi connectivity index (χ3v) is 4.96. The van der Waals surface area contributed by atoms with Gasteiger partial charge in [-0.3, -0.25) is 4.90 Å². The van der Waals surface area contributed by atoms with Crippen molar-refractivity contribution in [3.05, 3.63) is 64.2 Å². The Labute approximate surface area is 158 Å². The number of piperazine rings is 1. The van der Waals surface area contributed by atoms with Crippen LogP contribution < -0.4 is 10.1 Å². The van der Waals surface area contributed by atoms with Crippen LogP contribution in [0.4, 0.5) is 13.2 Å². The minimum absolute atomic E-state index is 0.00707. The Morgan fingerprint density at radius 1 is 0.963 bits per heavy atom. The molecule has 0 spiro atoms. The Hall–Kier alpha value is -2.05. The normalized spacial score (nSPS) is 17.0. The molecule has 1 N–H and O–H groups in total. The summed E-state index contributed by atoms with van der Waals surface area (Å²) >= 11 is 0. The molecule has 27 heavy (non-hydrogen) atoms. The highest BCUT2D eigenvalue weighted by Crippen LogP contribution is 2.35. The molecule has 0 bridgehead atoms. The summed E-state index contributed by atoms with van der Waals surface area (Å²) in [6.45, 7) is 9.85. The summed E-state index contributed by atoms with van der Waals surface area (Å²) in [5.41, 5.74) is 5.81. The van der Waals surface area contributed by atoms with Crippen LogP contribution in [0.5, 0.6) is 5.75 Å². The lowest BCUT2D eigenvalue weighted by Crippen LogP contribution is -2.45. The van der Waals surface area contributed by atoms with Gasteiger partial charge in [0, 0.05) is 26.2 Å². The monoisotopic (exact) mass is 378 g/mol. The maximum absolute atomic E-state index is 12.5. The van der Waals surface area contributed by atoms with Crippen LogP contribution in [-0.4, -0.2) is 37.4 Å². The zero-order valence-electron chi connectivity index (χ0n) is 15.9. The summed E-state index contributed by atoms with van der Waals surface area (Å²) < 4.78 is 41.4. The van der Waals surface area contributed by atoms with Crippen molar-refractivity contribution >= 4 is 0 Å². The van der Waals surface area contributed by atoms with Gasteiger partial charge in [-0.1, -0.05) is 29.8 Å². The van der Waals surface area contributed by atoms with Crippen molar-refractivity contribution in [2.75, 3.05) is 26.2 Å². The van der Waals surface area contributed by atoms with Crippen molar-refractivity contribution in [3.8, 4) is 5.75 Å². The molecule has 1 saturated heterocycles. The smallest absolute Gasteiger partial charge is 0.406 e. The molecule has 3 rings (SSSR count). The molecule has 2 aromatic rings. The Bertz CT molecular complexity index is 758. The van der Waals surface area contributed by atoms with Gasteiger partial charge in [-0.15, -0.1) is 13.2 Å². The molecule has 0 radical (unpaired) electrons. The fourth-order valence-corrected chi connectivity index (χ4v) is 3.97. The number of ether oxygens (including phenoxy) is 1. The number of benzene rings is 2. The van der Waals surface area contributed by atoms with Gasteiger partial charge in [0.05, 0.1) is 6.04 Å². The van der Waals surface area contributed by atoms with Crippen LogP contribution in [0.15, 0.2) is 36.4 Å². The van der Waals surface area contributed by atoms with Crippen molar-refractivity contribution in [1.82, 2.24) is 10.2 Å². The highest BCUT2D eigenvalue weighted by Gasteiger charge is 2.31. The van der Waals surface area contributed by atoms with Crippen molar-refractivity contribution in [2.24, 2.45) is 0 Å². The Morgan fingerprint density at radius 2 is 1.52 bits per heavy atom. The maximum atomic E-state index is 12.5. The molecule has 6 heteroatoms. The molecular weight excluding hydrogens is 353 g/mol. The molecule has 1 atom stereocenters. The third-order valence-electron chi connectivity index (χ3n) is 4.96. The van der Waals surface area contributed by atoms with Crippen LogP contribution in [0.3, 0.4) is 0 Å². The number of alkyl halides is 3. The number of hydrogen-bond acceptors (Lipinski definition) is 3. The Kier molecular flexibility index (Phi) is 5.77. The van der Waals surface area contributed by atoms with E-state index in [4.69, 9.17) is 0 Å². The number of nitrogens with zero attached hydrogens (tertiary/aromatic N) is 1. The van der Waals surface area contributed by atoms with E-state index in [1.54, 1.807) is 12.1 Å². The van der Waals surface area contributed by atoms with E-state index in [0.717, 1.165) is 31.7 Å². The van der Waals surface area contributed by atoms with Crippen molar-refractivity contribution in [1.29, 1.82) is 0 Å². The summed E-state index contributed by atoms with van der Waals surface area (Å²) in [5.74, 6) is -0.192. The largest absolute Gasteiger partial charge is 0.573 e. The van der Waals surface area contributed by atoms with Crippen LogP contribution >= 0.6 is 0 Å². The second-order valence-electron chi connectivity index (χ2n) is 7.12. The number of hydrogen-bond donors (Lipinski definition) is 1. The van der Waals surface area contributed by atoms with Crippen molar-refractivity contribution < 1.29 is 17.9 Å². The number of halogens is 3. The fraction of sp³-hybridized carbons (Fsp3) is 0.429. The van der Waals surface area contributed by atoms with E-state index in [-0.39, 0.29) is 11.8 Å². The van der Waals surface area contributed by atoms with Crippen LogP contribution in [-0.2, 0) is 0 Å². The molecule has 0 aliphatic carbocycles. The minimum Gasteiger partial charge on any atom is -0.406 e. The second kappa shape index (κ2) is 7.90. The number of nitrogens with one attached hydrogen (secondary N) is 1. The third kappa shape index (κ3) is 4.82. The lowest BCUT2D eigenvalue weighted by Gasteiger charge is -2.37. The van der Waals surface area contributed by atoms with E-state index >= 15 is 0 Å². The van der Waals surface area contributed by atoms with Crippen LogP contribution in [0.1, 0.15) is 33.9 Å². The van der Waals surface area contributed by atoms with Gasteiger partial charge >= 0.3 is 6.36 Å². The van der Waals surface area contributed by atoms with Gasteiger partial charge in [-0.05, 0) is 55.2 Å². The SMILES string of the molecule is Cc1cc(C)c([C@@H](c2ccc(OC(F)(F)F)cc2)N2CCNCC2)c(C)c1. The summed E-state index contributed by atoms with van der Waals surface area (Å²) in [5, 5.41) is 3.36. The van der Waals surface area contributed by atoms with Gasteiger partial charge in [0.15, 0.2) is 0 Å². The topological polar surface area (TPSA) is 24.5 Å². The van der Waals surface area contributed by atoms with Crippen molar-refractivity contribution in [3.63, 3.8) is 0 Å². The molecule has 3 nitrogen and oxygen atoms in total. The molecule has 1 heterocycles. The molecule has 0 amide bonds. The first-order valence-corrected chi connectivity index (χ1v) is 9.13. The minimum atomic E-state index is -4.68. The molecule has 146 valence electrons. The van der Waals surface area contributed by atoms with Crippen LogP contribution in [0, 0.1) is 20.8 Å². The van der Waals surface area contributed by atoms with E-state index < -0.39 is 6.36 Å². The van der Waals surface area contributed by atoms with E-state index in [9.17, 15) is 13.2 Å². The van der Waals surface area contributed by atoms with E-state index in [2.05, 4.69) is 47.9 Å². The van der Waals surface area contributed by atoms with Gasteiger partial charge in [0.25, 0.3) is 0 Å². The average molecular weight is 378 g/mol. The zero-order valence-corrected chi connectivity index (χ0v) is 15.9. The van der Waals surface area contributed by atoms with Gasteiger partial charge in [-0.2, -0.15) is 0 Å². The fourth-order valence-electron chi connectivity index (χ4n) is 3.97. The molecule has 1 fully saturated rings. The lowest BCUT2D eigenvalue weighted by molar-refractivity contribution is -0.274. The van der Waals surface area contributed by atoms with Crippen LogP contribution in [0.25, 0.3) is 0 Å². The quantitative estimate of drug-likeness (QED) is 0.848. The highest BCUT2D eigenvalue weighted by molar-refractivity contribution is 5.45. The summed E-state index contributed by atoms with van der Waals surface area (Å²) in [7, 11) is 0. The Balaban J connectivity index is 2.00. The highest BCUT2D eigenvalue weighted by atomic mass is 19.4. The van der Waals surface area contributed by atoms with Gasteiger partial charge in [-0.25, -0.2) is 0 Å². The summed E-state index contributed by atoms with van der Waals surface area (Å²) in [6, 6.07) is 10.6. The summed E-state index contributed by atoms with van der Waals surface area (Å²) in [4.78, 5) is 2.39. The molecule has 1 aliphatic rings. The summed E-state index contributed by atoms with van der Waals surface area (Å²) in [6.07, 6.45) is -4.68. The first-order valence-electron chi connectivity index (χ1n) is 9.13. The predicted octanol–water partition coefficient (Wildman–Crippen LogP) is 4.51. The first-order chi connectivity index (χ1) is 12.7. The molecule has 0 aromatic heterocycles. The number of rotatable bonds is 4. The van der Waals surface area contributed by atoms with E-state index in [0.29, 0.717) is 0 Å². The Morgan fingerprint density at radius 3 is 2.04 bits per heavy atom. The predicted molar refractivity (Wildman–Crippen MR) is 100 cm³/mol. The molecule has 2 aromatic carbocycles. The molecule has 0 saturated carbocycles. The molecule has 1 aliphatic heterocycles. The van der Waals surface area contributed by atoms with Gasteiger partial charge in [0.2, 0.25) is 0 Å². The van der Waals surface area contributed by atoms with E-state index in [1.807, 2.05) is 0 Å². The molecule has 0 unspecified atom stereocenters. The maximum Gasteiger partial charge on any atom is 0.573 e. The standard InChI is InChI=1S/C21H25F3N2O/c1-14-12-15(2)19(16(3)13-14)20(26-10-8-25-9-11-26)17-4-6-18(7-5-17)27-21(22,23)24/h4-7,12-13,20,25H,8-11H2,1-3H3/t20-/m1/s1. The van der Waals surface area contributed by atoms with Gasteiger partial charge < -0.3 is 10.1 Å². The second-order valence-corrected chi connectivity index (χ2v) is 7.12. The van der Waals surface area contributed by atoms with Crippen LogP contribution in [0.2, 0.25) is 0 Å². The lowest BCUT2D eigenvalue weighted by atomic mass is 9.88. The van der Waals surface area contributed by atoms with E-state index in [1.165, 1.54) is 34.4 Å². The average Bonchev–Trinajstić information content (AvgIpc) is 2.58. The van der Waals surface area contributed by atoms with Crippen molar-refractivity contribution in [2.45, 2.75) is 33.2 Å². The molecular formula is C21H25F3N2O. The van der Waals surface area contributed by atoms with Gasteiger partial charge in [0.1, 0.15) is 5.75 Å². The zero-order chi connectivity index (χ0) is 19.6. The first kappa shape index (κ1) is 19.7. The number of aryl methyl sites for hydroxylation is 3.